The fourth-order valence-corrected chi connectivity index (χ4v) is 3.53. The van der Waals surface area contributed by atoms with Crippen LogP contribution < -0.4 is 10.0 Å². The maximum absolute atomic E-state index is 13.3. The van der Waals surface area contributed by atoms with E-state index < -0.39 is 15.8 Å². The van der Waals surface area contributed by atoms with Crippen LogP contribution in [-0.4, -0.2) is 32.2 Å². The first-order valence-electron chi connectivity index (χ1n) is 5.87. The summed E-state index contributed by atoms with van der Waals surface area (Å²) in [6, 6.07) is 1.31. The van der Waals surface area contributed by atoms with Crippen molar-refractivity contribution in [1.29, 1.82) is 0 Å². The Kier molecular flexibility index (Phi) is 4.13. The van der Waals surface area contributed by atoms with E-state index in [9.17, 15) is 12.8 Å². The second-order valence-corrected chi connectivity index (χ2v) is 6.22. The molecule has 1 atom stereocenters. The summed E-state index contributed by atoms with van der Waals surface area (Å²) < 4.78 is 39.3. The lowest BCUT2D eigenvalue weighted by Gasteiger charge is -2.22. The number of nitrogens with zero attached hydrogens (tertiary/aromatic N) is 1. The third-order valence-corrected chi connectivity index (χ3v) is 4.33. The van der Waals surface area contributed by atoms with Crippen LogP contribution in [0.5, 0.6) is 0 Å². The Bertz CT molecular complexity index is 501. The van der Waals surface area contributed by atoms with Gasteiger partial charge in [-0.1, -0.05) is 0 Å². The highest BCUT2D eigenvalue weighted by molar-refractivity contribution is 7.92. The van der Waals surface area contributed by atoms with Gasteiger partial charge in [0.15, 0.2) is 5.82 Å². The molecule has 0 amide bonds. The van der Waals surface area contributed by atoms with E-state index in [0.717, 1.165) is 25.6 Å². The van der Waals surface area contributed by atoms with E-state index in [0.29, 0.717) is 6.54 Å². The molecule has 7 heteroatoms. The third-order valence-electron chi connectivity index (χ3n) is 2.89. The van der Waals surface area contributed by atoms with E-state index in [1.807, 2.05) is 0 Å². The molecule has 2 N–H and O–H groups in total. The largest absolute Gasteiger partial charge is 0.316 e. The molecule has 2 heterocycles. The molecule has 2 rings (SSSR count). The molecule has 1 unspecified atom stereocenters. The molecule has 1 aromatic heterocycles. The summed E-state index contributed by atoms with van der Waals surface area (Å²) in [4.78, 5) is 3.57. The van der Waals surface area contributed by atoms with Crippen LogP contribution in [0.15, 0.2) is 18.5 Å². The van der Waals surface area contributed by atoms with Crippen LogP contribution in [-0.2, 0) is 10.0 Å². The smallest absolute Gasteiger partial charge is 0.233 e. The van der Waals surface area contributed by atoms with Crippen LogP contribution in [0.4, 0.5) is 10.1 Å². The average Bonchev–Trinajstić information content (AvgIpc) is 2.32. The molecule has 1 saturated heterocycles. The van der Waals surface area contributed by atoms with Crippen molar-refractivity contribution in [2.24, 2.45) is 5.92 Å². The van der Waals surface area contributed by atoms with Crippen LogP contribution in [0, 0.1) is 11.7 Å². The summed E-state index contributed by atoms with van der Waals surface area (Å²) >= 11 is 0. The van der Waals surface area contributed by atoms with E-state index in [1.165, 1.54) is 12.3 Å². The molecule has 0 radical (unpaired) electrons. The van der Waals surface area contributed by atoms with Crippen molar-refractivity contribution in [3.05, 3.63) is 24.3 Å². The summed E-state index contributed by atoms with van der Waals surface area (Å²) in [5, 5.41) is 3.16. The summed E-state index contributed by atoms with van der Waals surface area (Å²) in [6.07, 6.45) is 4.19. The van der Waals surface area contributed by atoms with Gasteiger partial charge in [-0.05, 0) is 37.9 Å². The maximum atomic E-state index is 13.3. The van der Waals surface area contributed by atoms with Gasteiger partial charge >= 0.3 is 0 Å². The van der Waals surface area contributed by atoms with E-state index in [2.05, 4.69) is 15.0 Å². The van der Waals surface area contributed by atoms with Crippen molar-refractivity contribution < 1.29 is 12.8 Å². The average molecular weight is 273 g/mol. The Labute approximate surface area is 106 Å². The minimum Gasteiger partial charge on any atom is -0.316 e. The summed E-state index contributed by atoms with van der Waals surface area (Å²) in [5.41, 5.74) is -0.0474. The predicted octanol–water partition coefficient (Wildman–Crippen LogP) is 0.962. The number of sulfonamides is 1. The third kappa shape index (κ3) is 3.64. The molecular formula is C11H16FN3O2S. The predicted molar refractivity (Wildman–Crippen MR) is 67.2 cm³/mol. The first-order chi connectivity index (χ1) is 8.57. The highest BCUT2D eigenvalue weighted by atomic mass is 32.2. The van der Waals surface area contributed by atoms with Crippen molar-refractivity contribution in [1.82, 2.24) is 10.3 Å². The Morgan fingerprint density at radius 2 is 2.39 bits per heavy atom. The van der Waals surface area contributed by atoms with Crippen molar-refractivity contribution >= 4 is 15.7 Å². The standard InChI is InChI=1S/C11H16FN3O2S/c12-10-7-14-5-3-11(10)15-18(16,17)8-9-2-1-4-13-6-9/h3,5,7,9,13H,1-2,4,6,8H2,(H,14,15). The molecule has 1 aromatic rings. The highest BCUT2D eigenvalue weighted by Gasteiger charge is 2.21. The number of hydrogen-bond donors (Lipinski definition) is 2. The van der Waals surface area contributed by atoms with E-state index in [4.69, 9.17) is 0 Å². The number of pyridine rings is 1. The molecule has 0 spiro atoms. The minimum atomic E-state index is -3.51. The minimum absolute atomic E-state index is 0.0156. The SMILES string of the molecule is O=S(=O)(CC1CCCNC1)Nc1ccncc1F. The lowest BCUT2D eigenvalue weighted by molar-refractivity contribution is 0.404. The second kappa shape index (κ2) is 5.62. The molecular weight excluding hydrogens is 257 g/mol. The van der Waals surface area contributed by atoms with Crippen molar-refractivity contribution in [3.63, 3.8) is 0 Å². The van der Waals surface area contributed by atoms with Gasteiger partial charge in [-0.25, -0.2) is 12.8 Å². The van der Waals surface area contributed by atoms with Crippen LogP contribution in [0.25, 0.3) is 0 Å². The number of halogens is 1. The summed E-state index contributed by atoms with van der Waals surface area (Å²) in [6.45, 7) is 1.63. The molecule has 100 valence electrons. The van der Waals surface area contributed by atoms with E-state index in [-0.39, 0.29) is 17.4 Å². The molecule has 0 bridgehead atoms. The molecule has 5 nitrogen and oxygen atoms in total. The fraction of sp³-hybridized carbons (Fsp3) is 0.545. The van der Waals surface area contributed by atoms with Gasteiger partial charge in [0.2, 0.25) is 10.0 Å². The van der Waals surface area contributed by atoms with Crippen molar-refractivity contribution in [2.45, 2.75) is 12.8 Å². The van der Waals surface area contributed by atoms with Crippen LogP contribution in [0.1, 0.15) is 12.8 Å². The maximum Gasteiger partial charge on any atom is 0.233 e. The topological polar surface area (TPSA) is 71.1 Å². The van der Waals surface area contributed by atoms with E-state index in [1.54, 1.807) is 0 Å². The van der Waals surface area contributed by atoms with Gasteiger partial charge < -0.3 is 5.32 Å². The Hall–Kier alpha value is -1.21. The zero-order valence-electron chi connectivity index (χ0n) is 9.89. The van der Waals surface area contributed by atoms with Crippen LogP contribution >= 0.6 is 0 Å². The lowest BCUT2D eigenvalue weighted by Crippen LogP contribution is -2.35. The monoisotopic (exact) mass is 273 g/mol. The first kappa shape index (κ1) is 13.2. The Morgan fingerprint density at radius 1 is 1.56 bits per heavy atom. The van der Waals surface area contributed by atoms with E-state index >= 15 is 0 Å². The molecule has 0 saturated carbocycles. The molecule has 1 aliphatic heterocycles. The Balaban J connectivity index is 2.01. The Morgan fingerprint density at radius 3 is 3.06 bits per heavy atom. The number of anilines is 1. The number of aromatic nitrogens is 1. The van der Waals surface area contributed by atoms with Gasteiger partial charge in [0, 0.05) is 6.20 Å². The highest BCUT2D eigenvalue weighted by Crippen LogP contribution is 2.17. The molecule has 1 aliphatic rings. The number of nitrogens with one attached hydrogen (secondary N) is 2. The molecule has 18 heavy (non-hydrogen) atoms. The normalized spacial score (nSPS) is 20.6. The fourth-order valence-electron chi connectivity index (χ4n) is 2.04. The lowest BCUT2D eigenvalue weighted by atomic mass is 10.0. The number of piperidine rings is 1. The number of rotatable bonds is 4. The molecule has 0 aromatic carbocycles. The van der Waals surface area contributed by atoms with Crippen molar-refractivity contribution in [2.75, 3.05) is 23.6 Å². The second-order valence-electron chi connectivity index (χ2n) is 4.45. The first-order valence-corrected chi connectivity index (χ1v) is 7.53. The quantitative estimate of drug-likeness (QED) is 0.857. The van der Waals surface area contributed by atoms with Crippen LogP contribution in [0.2, 0.25) is 0 Å². The van der Waals surface area contributed by atoms with Crippen LogP contribution in [0.3, 0.4) is 0 Å². The molecule has 1 fully saturated rings. The van der Waals surface area contributed by atoms with Gasteiger partial charge in [-0.2, -0.15) is 0 Å². The zero-order chi connectivity index (χ0) is 13.0. The van der Waals surface area contributed by atoms with Gasteiger partial charge in [0.1, 0.15) is 0 Å². The summed E-state index contributed by atoms with van der Waals surface area (Å²) in [5.74, 6) is -0.564. The zero-order valence-corrected chi connectivity index (χ0v) is 10.7. The van der Waals surface area contributed by atoms with Gasteiger partial charge in [0.25, 0.3) is 0 Å². The van der Waals surface area contributed by atoms with Gasteiger partial charge in [-0.15, -0.1) is 0 Å². The number of hydrogen-bond acceptors (Lipinski definition) is 4. The van der Waals surface area contributed by atoms with Gasteiger partial charge in [0.05, 0.1) is 17.6 Å². The molecule has 0 aliphatic carbocycles. The summed E-state index contributed by atoms with van der Waals surface area (Å²) in [7, 11) is -3.51. The van der Waals surface area contributed by atoms with Crippen molar-refractivity contribution in [3.8, 4) is 0 Å². The van der Waals surface area contributed by atoms with Gasteiger partial charge in [-0.3, -0.25) is 9.71 Å².